The summed E-state index contributed by atoms with van der Waals surface area (Å²) in [5.41, 5.74) is 0.114. The van der Waals surface area contributed by atoms with Crippen molar-refractivity contribution in [1.29, 1.82) is 0 Å². The number of nitrogens with zero attached hydrogens (tertiary/aromatic N) is 2. The number of aromatic nitrogens is 2. The van der Waals surface area contributed by atoms with Crippen LogP contribution in [0, 0.1) is 17.8 Å². The number of aliphatic hydroxyl groups is 1. The van der Waals surface area contributed by atoms with Crippen LogP contribution in [0.1, 0.15) is 60.5 Å². The van der Waals surface area contributed by atoms with Gasteiger partial charge in [0.1, 0.15) is 5.82 Å². The molecule has 0 amide bonds. The van der Waals surface area contributed by atoms with Crippen molar-refractivity contribution in [2.45, 2.75) is 79.2 Å². The molecule has 0 fully saturated rings. The zero-order valence-electron chi connectivity index (χ0n) is 19.7. The van der Waals surface area contributed by atoms with Gasteiger partial charge in [0.05, 0.1) is 11.2 Å². The van der Waals surface area contributed by atoms with E-state index >= 15 is 0 Å². The quantitative estimate of drug-likeness (QED) is 0.250. The van der Waals surface area contributed by atoms with Crippen LogP contribution in [0.25, 0.3) is 0 Å². The topological polar surface area (TPSA) is 97.8 Å². The molecule has 9 heteroatoms. The van der Waals surface area contributed by atoms with E-state index in [9.17, 15) is 5.11 Å². The second kappa shape index (κ2) is 13.8. The summed E-state index contributed by atoms with van der Waals surface area (Å²) < 4.78 is 16.5. The highest BCUT2D eigenvalue weighted by Gasteiger charge is 2.19. The average molecular weight is 457 g/mol. The second-order valence-electron chi connectivity index (χ2n) is 8.37. The summed E-state index contributed by atoms with van der Waals surface area (Å²) in [5.74, 6) is 6.90. The molecule has 176 valence electrons. The molecule has 0 spiro atoms. The van der Waals surface area contributed by atoms with E-state index in [-0.39, 0.29) is 11.3 Å². The molecule has 1 unspecified atom stereocenters. The molecular weight excluding hydrogens is 420 g/mol. The lowest BCUT2D eigenvalue weighted by atomic mass is 10.0. The van der Waals surface area contributed by atoms with Crippen LogP contribution in [-0.2, 0) is 14.2 Å². The highest BCUT2D eigenvalue weighted by molar-refractivity contribution is 6.28. The molecule has 0 radical (unpaired) electrons. The Hall–Kier alpha value is -1.47. The van der Waals surface area contributed by atoms with Gasteiger partial charge in [0.2, 0.25) is 18.0 Å². The fraction of sp³-hybridized carbons (Fsp3) is 0.727. The fourth-order valence-corrected chi connectivity index (χ4v) is 2.84. The molecule has 0 aliphatic carbocycles. The molecular formula is C22H37ClN4O4. The van der Waals surface area contributed by atoms with E-state index < -0.39 is 18.3 Å². The Balaban J connectivity index is 2.99. The van der Waals surface area contributed by atoms with Crippen LogP contribution in [0.3, 0.4) is 0 Å². The average Bonchev–Trinajstić information content (AvgIpc) is 2.64. The summed E-state index contributed by atoms with van der Waals surface area (Å²) in [6, 6.07) is -0.0562. The van der Waals surface area contributed by atoms with Gasteiger partial charge in [-0.05, 0) is 64.5 Å². The van der Waals surface area contributed by atoms with Crippen LogP contribution in [0.2, 0.25) is 5.28 Å². The third-order valence-electron chi connectivity index (χ3n) is 3.82. The van der Waals surface area contributed by atoms with E-state index in [1.165, 1.54) is 0 Å². The lowest BCUT2D eigenvalue weighted by Gasteiger charge is -2.27. The molecule has 0 bridgehead atoms. The molecule has 1 aromatic heterocycles. The highest BCUT2D eigenvalue weighted by Crippen LogP contribution is 2.17. The third kappa shape index (κ3) is 12.2. The molecule has 0 aliphatic rings. The summed E-state index contributed by atoms with van der Waals surface area (Å²) in [5, 5.41) is 16.6. The first-order valence-electron chi connectivity index (χ1n) is 10.7. The van der Waals surface area contributed by atoms with Crippen molar-refractivity contribution in [2.75, 3.05) is 25.1 Å². The van der Waals surface area contributed by atoms with Gasteiger partial charge in [-0.1, -0.05) is 19.8 Å². The molecule has 3 N–H and O–H groups in total. The van der Waals surface area contributed by atoms with Crippen molar-refractivity contribution in [2.24, 2.45) is 5.92 Å². The van der Waals surface area contributed by atoms with E-state index in [0.717, 1.165) is 6.42 Å². The smallest absolute Gasteiger partial charge is 0.224 e. The maximum absolute atomic E-state index is 10.1. The first kappa shape index (κ1) is 27.6. The second-order valence-corrected chi connectivity index (χ2v) is 8.71. The van der Waals surface area contributed by atoms with Crippen molar-refractivity contribution in [1.82, 2.24) is 15.3 Å². The van der Waals surface area contributed by atoms with Crippen LogP contribution in [-0.4, -0.2) is 59.2 Å². The summed E-state index contributed by atoms with van der Waals surface area (Å²) in [7, 11) is 0. The van der Waals surface area contributed by atoms with Gasteiger partial charge in [0, 0.05) is 32.0 Å². The fourth-order valence-electron chi connectivity index (χ4n) is 2.71. The van der Waals surface area contributed by atoms with E-state index in [4.69, 9.17) is 25.8 Å². The molecule has 0 aromatic carbocycles. The Bertz CT molecular complexity index is 710. The summed E-state index contributed by atoms with van der Waals surface area (Å²) in [6.07, 6.45) is 0.681. The van der Waals surface area contributed by atoms with Gasteiger partial charge in [-0.2, -0.15) is 4.98 Å². The lowest BCUT2D eigenvalue weighted by Crippen LogP contribution is -2.43. The Morgan fingerprint density at radius 2 is 1.84 bits per heavy atom. The standard InChI is InChI=1S/C22H37ClN4O4/c1-8-29-18(30-9-2)11-10-16-13-24-20(23)27-19(16)26-17(12-15(3)4)14-25-21(28)31-22(5,6)7/h13,15,17-18,21,25,28H,8-9,12,14H2,1-7H3,(H,24,26,27)/t17-,21?/m0/s1. The van der Waals surface area contributed by atoms with Crippen LogP contribution in [0.15, 0.2) is 6.20 Å². The first-order valence-corrected chi connectivity index (χ1v) is 11.0. The molecule has 0 aliphatic heterocycles. The highest BCUT2D eigenvalue weighted by atomic mass is 35.5. The van der Waals surface area contributed by atoms with Crippen molar-refractivity contribution >= 4 is 17.4 Å². The number of nitrogens with one attached hydrogen (secondary N) is 2. The number of anilines is 1. The normalized spacial score (nSPS) is 13.8. The van der Waals surface area contributed by atoms with E-state index in [2.05, 4.69) is 46.3 Å². The SMILES string of the molecule is CCOC(C#Cc1cnc(Cl)nc1N[C@H](CNC(O)OC(C)(C)C)CC(C)C)OCC. The maximum Gasteiger partial charge on any atom is 0.224 e. The molecule has 31 heavy (non-hydrogen) atoms. The number of rotatable bonds is 12. The molecule has 8 nitrogen and oxygen atoms in total. The number of aliphatic hydroxyl groups excluding tert-OH is 1. The molecule has 1 heterocycles. The minimum absolute atomic E-state index is 0.0562. The number of hydrogen-bond acceptors (Lipinski definition) is 8. The van der Waals surface area contributed by atoms with Crippen molar-refractivity contribution in [3.8, 4) is 11.8 Å². The van der Waals surface area contributed by atoms with Crippen LogP contribution in [0.4, 0.5) is 5.82 Å². The van der Waals surface area contributed by atoms with Gasteiger partial charge in [-0.25, -0.2) is 4.98 Å². The van der Waals surface area contributed by atoms with Gasteiger partial charge in [-0.3, -0.25) is 5.32 Å². The lowest BCUT2D eigenvalue weighted by molar-refractivity contribution is -0.181. The first-order chi connectivity index (χ1) is 14.5. The predicted molar refractivity (Wildman–Crippen MR) is 123 cm³/mol. The van der Waals surface area contributed by atoms with E-state index in [1.807, 2.05) is 34.6 Å². The van der Waals surface area contributed by atoms with Gasteiger partial charge < -0.3 is 24.6 Å². The summed E-state index contributed by atoms with van der Waals surface area (Å²) in [4.78, 5) is 8.36. The Morgan fingerprint density at radius 1 is 1.19 bits per heavy atom. The molecule has 1 aromatic rings. The molecule has 2 atom stereocenters. The predicted octanol–water partition coefficient (Wildman–Crippen LogP) is 3.39. The summed E-state index contributed by atoms with van der Waals surface area (Å²) >= 11 is 6.03. The zero-order chi connectivity index (χ0) is 23.4. The van der Waals surface area contributed by atoms with Crippen molar-refractivity contribution in [3.63, 3.8) is 0 Å². The van der Waals surface area contributed by atoms with Crippen molar-refractivity contribution < 1.29 is 19.3 Å². The zero-order valence-corrected chi connectivity index (χ0v) is 20.4. The maximum atomic E-state index is 10.1. The van der Waals surface area contributed by atoms with E-state index in [1.54, 1.807) is 6.20 Å². The minimum atomic E-state index is -1.08. The summed E-state index contributed by atoms with van der Waals surface area (Å²) in [6.45, 7) is 15.1. The van der Waals surface area contributed by atoms with Gasteiger partial charge in [0.25, 0.3) is 0 Å². The van der Waals surface area contributed by atoms with Crippen LogP contribution in [0.5, 0.6) is 0 Å². The Morgan fingerprint density at radius 3 is 2.39 bits per heavy atom. The third-order valence-corrected chi connectivity index (χ3v) is 4.00. The van der Waals surface area contributed by atoms with Gasteiger partial charge >= 0.3 is 0 Å². The van der Waals surface area contributed by atoms with Gasteiger partial charge in [-0.15, -0.1) is 0 Å². The molecule has 1 rings (SSSR count). The van der Waals surface area contributed by atoms with Gasteiger partial charge in [0.15, 0.2) is 0 Å². The largest absolute Gasteiger partial charge is 0.365 e. The van der Waals surface area contributed by atoms with Crippen LogP contribution >= 0.6 is 11.6 Å². The molecule has 0 saturated carbocycles. The minimum Gasteiger partial charge on any atom is -0.365 e. The number of ether oxygens (including phenoxy) is 3. The number of hydrogen-bond donors (Lipinski definition) is 3. The Labute approximate surface area is 191 Å². The van der Waals surface area contributed by atoms with Crippen molar-refractivity contribution in [3.05, 3.63) is 17.0 Å². The monoisotopic (exact) mass is 456 g/mol. The van der Waals surface area contributed by atoms with E-state index in [0.29, 0.717) is 37.1 Å². The van der Waals surface area contributed by atoms with Crippen LogP contribution < -0.4 is 10.6 Å². The Kier molecular flexibility index (Phi) is 12.3. The number of halogens is 1. The molecule has 0 saturated heterocycles.